The minimum atomic E-state index is -0.578. The van der Waals surface area contributed by atoms with Crippen molar-refractivity contribution >= 4 is 11.8 Å². The Hall–Kier alpha value is -2.89. The van der Waals surface area contributed by atoms with Crippen LogP contribution in [0.5, 0.6) is 5.75 Å². The summed E-state index contributed by atoms with van der Waals surface area (Å²) < 4.78 is 18.6. The lowest BCUT2D eigenvalue weighted by Gasteiger charge is -2.26. The number of carbonyl (C=O) groups excluding carboxylic acids is 2. The third-order valence-corrected chi connectivity index (χ3v) is 4.71. The fraction of sp³-hybridized carbons (Fsp3) is 0.333. The van der Waals surface area contributed by atoms with Gasteiger partial charge in [0.25, 0.3) is 11.8 Å². The van der Waals surface area contributed by atoms with Gasteiger partial charge in [0.15, 0.2) is 11.6 Å². The quantitative estimate of drug-likeness (QED) is 0.878. The van der Waals surface area contributed by atoms with Crippen molar-refractivity contribution in [2.24, 2.45) is 0 Å². The molecular weight excluding hydrogens is 347 g/mol. The Morgan fingerprint density at radius 1 is 1.04 bits per heavy atom. The van der Waals surface area contributed by atoms with Crippen LogP contribution in [0.3, 0.4) is 0 Å². The van der Waals surface area contributed by atoms with Crippen LogP contribution < -0.4 is 10.1 Å². The largest absolute Gasteiger partial charge is 0.494 e. The van der Waals surface area contributed by atoms with Crippen LogP contribution in [0.1, 0.15) is 45.5 Å². The van der Waals surface area contributed by atoms with Gasteiger partial charge in [0.2, 0.25) is 0 Å². The summed E-state index contributed by atoms with van der Waals surface area (Å²) in [7, 11) is 1.37. The summed E-state index contributed by atoms with van der Waals surface area (Å²) >= 11 is 0. The zero-order valence-electron chi connectivity index (χ0n) is 15.3. The molecule has 0 unspecified atom stereocenters. The Morgan fingerprint density at radius 3 is 2.33 bits per heavy atom. The van der Waals surface area contributed by atoms with Crippen LogP contribution in [0.4, 0.5) is 4.39 Å². The molecular formula is C21H23FN2O3. The Kier molecular flexibility index (Phi) is 6.06. The molecule has 142 valence electrons. The molecule has 1 saturated heterocycles. The molecule has 6 heteroatoms. The maximum absolute atomic E-state index is 13.7. The van der Waals surface area contributed by atoms with Gasteiger partial charge in [-0.3, -0.25) is 9.59 Å². The van der Waals surface area contributed by atoms with E-state index in [1.165, 1.54) is 25.7 Å². The normalized spacial score (nSPS) is 13.9. The molecule has 1 aliphatic heterocycles. The smallest absolute Gasteiger partial charge is 0.253 e. The molecule has 1 heterocycles. The van der Waals surface area contributed by atoms with Crippen LogP contribution in [0.25, 0.3) is 0 Å². The number of amides is 2. The minimum absolute atomic E-state index is 0.0546. The van der Waals surface area contributed by atoms with Crippen molar-refractivity contribution in [3.63, 3.8) is 0 Å². The second kappa shape index (κ2) is 8.66. The van der Waals surface area contributed by atoms with Crippen LogP contribution in [0.15, 0.2) is 42.5 Å². The summed E-state index contributed by atoms with van der Waals surface area (Å²) in [5.74, 6) is -0.796. The molecule has 2 aromatic rings. The van der Waals surface area contributed by atoms with Gasteiger partial charge in [-0.05, 0) is 55.2 Å². The highest BCUT2D eigenvalue weighted by Gasteiger charge is 2.18. The molecule has 1 aliphatic rings. The van der Waals surface area contributed by atoms with Crippen molar-refractivity contribution in [3.05, 3.63) is 65.0 Å². The number of piperidine rings is 1. The predicted molar refractivity (Wildman–Crippen MR) is 100 cm³/mol. The predicted octanol–water partition coefficient (Wildman–Crippen LogP) is 3.39. The fourth-order valence-electron chi connectivity index (χ4n) is 3.14. The number of carbonyl (C=O) groups is 2. The first-order chi connectivity index (χ1) is 13.1. The van der Waals surface area contributed by atoms with E-state index in [-0.39, 0.29) is 23.1 Å². The lowest BCUT2D eigenvalue weighted by atomic mass is 10.1. The minimum Gasteiger partial charge on any atom is -0.494 e. The zero-order valence-corrected chi connectivity index (χ0v) is 15.3. The fourth-order valence-corrected chi connectivity index (χ4v) is 3.14. The third-order valence-electron chi connectivity index (χ3n) is 4.71. The number of methoxy groups -OCH3 is 1. The topological polar surface area (TPSA) is 58.6 Å². The van der Waals surface area contributed by atoms with E-state index in [4.69, 9.17) is 4.74 Å². The zero-order chi connectivity index (χ0) is 19.2. The van der Waals surface area contributed by atoms with Gasteiger partial charge >= 0.3 is 0 Å². The summed E-state index contributed by atoms with van der Waals surface area (Å²) in [6.07, 6.45) is 3.30. The lowest BCUT2D eigenvalue weighted by Crippen LogP contribution is -2.35. The third kappa shape index (κ3) is 4.64. The Balaban J connectivity index is 1.57. The first-order valence-electron chi connectivity index (χ1n) is 9.08. The second-order valence-corrected chi connectivity index (χ2v) is 6.58. The number of nitrogens with one attached hydrogen (secondary N) is 1. The van der Waals surface area contributed by atoms with Crippen LogP contribution in [-0.2, 0) is 6.54 Å². The Bertz CT molecular complexity index is 815. The van der Waals surface area contributed by atoms with E-state index in [1.54, 1.807) is 12.1 Å². The first-order valence-corrected chi connectivity index (χ1v) is 9.08. The van der Waals surface area contributed by atoms with Crippen LogP contribution in [0.2, 0.25) is 0 Å². The molecule has 0 bridgehead atoms. The number of halogens is 1. The average Bonchev–Trinajstić information content (AvgIpc) is 2.72. The number of likely N-dealkylation sites (tertiary alicyclic amines) is 1. The van der Waals surface area contributed by atoms with E-state index < -0.39 is 5.82 Å². The van der Waals surface area contributed by atoms with Gasteiger partial charge in [-0.25, -0.2) is 4.39 Å². The van der Waals surface area contributed by atoms with Gasteiger partial charge < -0.3 is 15.0 Å². The van der Waals surface area contributed by atoms with E-state index in [0.717, 1.165) is 37.6 Å². The van der Waals surface area contributed by atoms with Gasteiger partial charge in [-0.2, -0.15) is 0 Å². The number of ether oxygens (including phenoxy) is 1. The summed E-state index contributed by atoms with van der Waals surface area (Å²) in [6, 6.07) is 11.3. The van der Waals surface area contributed by atoms with Gasteiger partial charge in [-0.1, -0.05) is 12.1 Å². The molecule has 0 spiro atoms. The van der Waals surface area contributed by atoms with Crippen molar-refractivity contribution in [1.82, 2.24) is 10.2 Å². The summed E-state index contributed by atoms with van der Waals surface area (Å²) in [6.45, 7) is 1.93. The molecule has 5 nitrogen and oxygen atoms in total. The van der Waals surface area contributed by atoms with Gasteiger partial charge in [0.1, 0.15) is 0 Å². The molecule has 0 atom stereocenters. The summed E-state index contributed by atoms with van der Waals surface area (Å²) in [4.78, 5) is 26.5. The molecule has 1 fully saturated rings. The van der Waals surface area contributed by atoms with Crippen LogP contribution in [0, 0.1) is 5.82 Å². The first kappa shape index (κ1) is 18.9. The number of nitrogens with zero attached hydrogens (tertiary/aromatic N) is 1. The highest BCUT2D eigenvalue weighted by atomic mass is 19.1. The van der Waals surface area contributed by atoms with Crippen molar-refractivity contribution < 1.29 is 18.7 Å². The van der Waals surface area contributed by atoms with Crippen molar-refractivity contribution in [1.29, 1.82) is 0 Å². The second-order valence-electron chi connectivity index (χ2n) is 6.58. The van der Waals surface area contributed by atoms with Crippen molar-refractivity contribution in [3.8, 4) is 5.75 Å². The van der Waals surface area contributed by atoms with E-state index in [2.05, 4.69) is 5.32 Å². The van der Waals surface area contributed by atoms with Gasteiger partial charge in [0.05, 0.1) is 7.11 Å². The van der Waals surface area contributed by atoms with E-state index in [9.17, 15) is 14.0 Å². The van der Waals surface area contributed by atoms with E-state index in [1.807, 2.05) is 17.0 Å². The monoisotopic (exact) mass is 370 g/mol. The SMILES string of the molecule is COc1ccc(C(=O)NCc2ccc(C(=O)N3CCCCC3)cc2)cc1F. The Morgan fingerprint density at radius 2 is 1.70 bits per heavy atom. The van der Waals surface area contributed by atoms with Crippen molar-refractivity contribution in [2.45, 2.75) is 25.8 Å². The molecule has 1 N–H and O–H groups in total. The van der Waals surface area contributed by atoms with Gasteiger partial charge in [-0.15, -0.1) is 0 Å². The molecule has 2 amide bonds. The standard InChI is InChI=1S/C21H23FN2O3/c1-27-19-10-9-17(13-18(19)22)20(25)23-14-15-5-7-16(8-6-15)21(26)24-11-3-2-4-12-24/h5-10,13H,2-4,11-12,14H2,1H3,(H,23,25). The molecule has 0 aromatic heterocycles. The van der Waals surface area contributed by atoms with Gasteiger partial charge in [0, 0.05) is 30.8 Å². The molecule has 27 heavy (non-hydrogen) atoms. The van der Waals surface area contributed by atoms with E-state index >= 15 is 0 Å². The number of rotatable bonds is 5. The van der Waals surface area contributed by atoms with Crippen LogP contribution >= 0.6 is 0 Å². The summed E-state index contributed by atoms with van der Waals surface area (Å²) in [5, 5.41) is 2.75. The molecule has 3 rings (SSSR count). The highest BCUT2D eigenvalue weighted by molar-refractivity contribution is 5.95. The summed E-state index contributed by atoms with van der Waals surface area (Å²) in [5.41, 5.74) is 1.75. The number of benzene rings is 2. The average molecular weight is 370 g/mol. The molecule has 0 saturated carbocycles. The van der Waals surface area contributed by atoms with Crippen molar-refractivity contribution in [2.75, 3.05) is 20.2 Å². The molecule has 0 radical (unpaired) electrons. The highest BCUT2D eigenvalue weighted by Crippen LogP contribution is 2.18. The number of hydrogen-bond acceptors (Lipinski definition) is 3. The van der Waals surface area contributed by atoms with Crippen LogP contribution in [-0.4, -0.2) is 36.9 Å². The Labute approximate surface area is 158 Å². The molecule has 2 aromatic carbocycles. The lowest BCUT2D eigenvalue weighted by molar-refractivity contribution is 0.0724. The maximum atomic E-state index is 13.7. The molecule has 0 aliphatic carbocycles. The number of hydrogen-bond donors (Lipinski definition) is 1. The maximum Gasteiger partial charge on any atom is 0.253 e. The van der Waals surface area contributed by atoms with E-state index in [0.29, 0.717) is 12.1 Å².